The molecule has 27 heavy (non-hydrogen) atoms. The first-order valence-corrected chi connectivity index (χ1v) is 9.74. The number of imidazole rings is 1. The Kier molecular flexibility index (Phi) is 6.08. The van der Waals surface area contributed by atoms with Crippen molar-refractivity contribution in [3.05, 3.63) is 65.9 Å². The summed E-state index contributed by atoms with van der Waals surface area (Å²) in [7, 11) is 3.96. The number of halogens is 1. The lowest BCUT2D eigenvalue weighted by molar-refractivity contribution is -0.115. The summed E-state index contributed by atoms with van der Waals surface area (Å²) < 4.78 is 1.92. The fourth-order valence-corrected chi connectivity index (χ4v) is 3.57. The molecule has 1 unspecified atom stereocenters. The molecule has 7 heteroatoms. The van der Waals surface area contributed by atoms with Crippen molar-refractivity contribution in [2.45, 2.75) is 17.3 Å². The van der Waals surface area contributed by atoms with Gasteiger partial charge in [0.15, 0.2) is 5.16 Å². The molecule has 3 aromatic rings. The van der Waals surface area contributed by atoms with E-state index in [1.807, 2.05) is 85.2 Å². The van der Waals surface area contributed by atoms with Crippen LogP contribution in [0.25, 0.3) is 5.69 Å². The molecule has 2 aromatic carbocycles. The number of thioether (sulfide) groups is 1. The molecule has 0 saturated carbocycles. The molecule has 0 fully saturated rings. The van der Waals surface area contributed by atoms with E-state index in [1.165, 1.54) is 11.8 Å². The van der Waals surface area contributed by atoms with Gasteiger partial charge in [-0.3, -0.25) is 9.36 Å². The highest BCUT2D eigenvalue weighted by Crippen LogP contribution is 2.26. The van der Waals surface area contributed by atoms with Crippen molar-refractivity contribution < 1.29 is 4.79 Å². The van der Waals surface area contributed by atoms with Gasteiger partial charge in [0.1, 0.15) is 0 Å². The number of nitrogens with one attached hydrogen (secondary N) is 1. The monoisotopic (exact) mass is 400 g/mol. The molecule has 140 valence electrons. The van der Waals surface area contributed by atoms with Crippen LogP contribution >= 0.6 is 23.4 Å². The number of hydrogen-bond acceptors (Lipinski definition) is 4. The van der Waals surface area contributed by atoms with E-state index in [0.717, 1.165) is 22.2 Å². The normalized spacial score (nSPS) is 11.9. The zero-order chi connectivity index (χ0) is 19.4. The summed E-state index contributed by atoms with van der Waals surface area (Å²) in [6, 6.07) is 15.3. The van der Waals surface area contributed by atoms with Gasteiger partial charge in [-0.1, -0.05) is 29.4 Å². The molecule has 0 aliphatic heterocycles. The highest BCUT2D eigenvalue weighted by molar-refractivity contribution is 8.00. The van der Waals surface area contributed by atoms with Crippen molar-refractivity contribution in [3.63, 3.8) is 0 Å². The Bertz CT molecular complexity index is 924. The molecule has 0 aliphatic rings. The van der Waals surface area contributed by atoms with Gasteiger partial charge in [0.05, 0.1) is 5.25 Å². The lowest BCUT2D eigenvalue weighted by Gasteiger charge is -2.15. The first kappa shape index (κ1) is 19.3. The molecule has 1 aromatic heterocycles. The molecule has 1 amide bonds. The van der Waals surface area contributed by atoms with E-state index >= 15 is 0 Å². The Balaban J connectivity index is 1.68. The number of carbonyl (C=O) groups is 1. The van der Waals surface area contributed by atoms with Crippen LogP contribution in [0.5, 0.6) is 0 Å². The van der Waals surface area contributed by atoms with E-state index in [-0.39, 0.29) is 11.2 Å². The van der Waals surface area contributed by atoms with Gasteiger partial charge in [-0.05, 0) is 49.4 Å². The van der Waals surface area contributed by atoms with Gasteiger partial charge in [0.2, 0.25) is 5.91 Å². The molecule has 0 aliphatic carbocycles. The van der Waals surface area contributed by atoms with Gasteiger partial charge in [0.25, 0.3) is 0 Å². The first-order valence-electron chi connectivity index (χ1n) is 8.48. The molecule has 0 bridgehead atoms. The number of anilines is 2. The quantitative estimate of drug-likeness (QED) is 0.609. The second-order valence-corrected chi connectivity index (χ2v) is 7.99. The summed E-state index contributed by atoms with van der Waals surface area (Å²) in [6.07, 6.45) is 3.58. The van der Waals surface area contributed by atoms with Crippen molar-refractivity contribution >= 4 is 40.6 Å². The molecule has 1 N–H and O–H groups in total. The predicted octanol–water partition coefficient (Wildman–Crippen LogP) is 4.71. The number of aromatic nitrogens is 2. The predicted molar refractivity (Wildman–Crippen MR) is 113 cm³/mol. The maximum absolute atomic E-state index is 12.6. The Hall–Kier alpha value is -2.44. The summed E-state index contributed by atoms with van der Waals surface area (Å²) in [4.78, 5) is 19.0. The van der Waals surface area contributed by atoms with Crippen LogP contribution in [-0.2, 0) is 4.79 Å². The van der Waals surface area contributed by atoms with Gasteiger partial charge in [-0.15, -0.1) is 0 Å². The third-order valence-corrected chi connectivity index (χ3v) is 5.31. The van der Waals surface area contributed by atoms with Crippen LogP contribution in [-0.4, -0.2) is 34.8 Å². The van der Waals surface area contributed by atoms with Gasteiger partial charge >= 0.3 is 0 Å². The fourth-order valence-electron chi connectivity index (χ4n) is 2.50. The zero-order valence-electron chi connectivity index (χ0n) is 15.4. The molecule has 1 atom stereocenters. The third kappa shape index (κ3) is 4.84. The van der Waals surface area contributed by atoms with Gasteiger partial charge < -0.3 is 10.2 Å². The molecule has 0 spiro atoms. The summed E-state index contributed by atoms with van der Waals surface area (Å²) in [6.45, 7) is 1.87. The average Bonchev–Trinajstić information content (AvgIpc) is 3.10. The topological polar surface area (TPSA) is 50.2 Å². The number of benzene rings is 2. The molecule has 0 saturated heterocycles. The summed E-state index contributed by atoms with van der Waals surface area (Å²) in [5.74, 6) is -0.0711. The van der Waals surface area contributed by atoms with Crippen LogP contribution in [0.15, 0.2) is 66.1 Å². The van der Waals surface area contributed by atoms with Crippen molar-refractivity contribution in [1.82, 2.24) is 9.55 Å². The molecule has 5 nitrogen and oxygen atoms in total. The molecule has 3 rings (SSSR count). The SMILES string of the molecule is CC(Sc1nccn1-c1cccc(Cl)c1)C(=O)Nc1ccc(N(C)C)cc1. The molecular weight excluding hydrogens is 380 g/mol. The standard InChI is InChI=1S/C20H21ClN4OS/c1-14(19(26)23-16-7-9-17(10-8-16)24(2)3)27-20-22-11-12-25(20)18-6-4-5-15(21)13-18/h4-14H,1-3H3,(H,23,26). The minimum Gasteiger partial charge on any atom is -0.378 e. The van der Waals surface area contributed by atoms with E-state index in [4.69, 9.17) is 11.6 Å². The zero-order valence-corrected chi connectivity index (χ0v) is 17.0. The smallest absolute Gasteiger partial charge is 0.237 e. The number of rotatable bonds is 6. The van der Waals surface area contributed by atoms with Crippen molar-refractivity contribution in [1.29, 1.82) is 0 Å². The second-order valence-electron chi connectivity index (χ2n) is 6.25. The van der Waals surface area contributed by atoms with Crippen LogP contribution in [0.4, 0.5) is 11.4 Å². The largest absolute Gasteiger partial charge is 0.378 e. The summed E-state index contributed by atoms with van der Waals surface area (Å²) in [5.41, 5.74) is 2.77. The Morgan fingerprint density at radius 1 is 1.22 bits per heavy atom. The van der Waals surface area contributed by atoms with Crippen LogP contribution in [0.1, 0.15) is 6.92 Å². The summed E-state index contributed by atoms with van der Waals surface area (Å²) in [5, 5.41) is 4.04. The Labute approximate surface area is 168 Å². The second kappa shape index (κ2) is 8.50. The minimum atomic E-state index is -0.307. The van der Waals surface area contributed by atoms with E-state index in [2.05, 4.69) is 10.3 Å². The van der Waals surface area contributed by atoms with Crippen LogP contribution < -0.4 is 10.2 Å². The Morgan fingerprint density at radius 3 is 2.63 bits per heavy atom. The van der Waals surface area contributed by atoms with Gasteiger partial charge in [-0.2, -0.15) is 0 Å². The first-order chi connectivity index (χ1) is 12.9. The van der Waals surface area contributed by atoms with Crippen LogP contribution in [0.2, 0.25) is 5.02 Å². The average molecular weight is 401 g/mol. The molecule has 0 radical (unpaired) electrons. The minimum absolute atomic E-state index is 0.0711. The number of nitrogens with zero attached hydrogens (tertiary/aromatic N) is 3. The van der Waals surface area contributed by atoms with Crippen molar-refractivity contribution in [2.24, 2.45) is 0 Å². The molecular formula is C20H21ClN4OS. The number of hydrogen-bond donors (Lipinski definition) is 1. The maximum Gasteiger partial charge on any atom is 0.237 e. The van der Waals surface area contributed by atoms with Crippen LogP contribution in [0, 0.1) is 0 Å². The lowest BCUT2D eigenvalue weighted by atomic mass is 10.2. The molecule has 1 heterocycles. The number of carbonyl (C=O) groups excluding carboxylic acids is 1. The van der Waals surface area contributed by atoms with E-state index < -0.39 is 0 Å². The van der Waals surface area contributed by atoms with E-state index in [0.29, 0.717) is 5.02 Å². The van der Waals surface area contributed by atoms with Gasteiger partial charge in [-0.25, -0.2) is 4.98 Å². The highest BCUT2D eigenvalue weighted by atomic mass is 35.5. The van der Waals surface area contributed by atoms with E-state index in [9.17, 15) is 4.79 Å². The lowest BCUT2D eigenvalue weighted by Crippen LogP contribution is -2.22. The third-order valence-electron chi connectivity index (χ3n) is 4.00. The highest BCUT2D eigenvalue weighted by Gasteiger charge is 2.18. The fraction of sp³-hybridized carbons (Fsp3) is 0.200. The van der Waals surface area contributed by atoms with Crippen LogP contribution in [0.3, 0.4) is 0 Å². The summed E-state index contributed by atoms with van der Waals surface area (Å²) >= 11 is 7.48. The Morgan fingerprint density at radius 2 is 1.96 bits per heavy atom. The maximum atomic E-state index is 12.6. The van der Waals surface area contributed by atoms with Crippen molar-refractivity contribution in [3.8, 4) is 5.69 Å². The van der Waals surface area contributed by atoms with E-state index in [1.54, 1.807) is 6.20 Å². The van der Waals surface area contributed by atoms with Crippen molar-refractivity contribution in [2.75, 3.05) is 24.3 Å². The number of amides is 1. The van der Waals surface area contributed by atoms with Gasteiger partial charge in [0, 0.05) is 48.6 Å².